The summed E-state index contributed by atoms with van der Waals surface area (Å²) in [4.78, 5) is 0. The summed E-state index contributed by atoms with van der Waals surface area (Å²) in [5.74, 6) is 1.61. The Morgan fingerprint density at radius 3 is 2.65 bits per heavy atom. The molecule has 17 heavy (non-hydrogen) atoms. The number of fused-ring (bicyclic) bond motifs is 1. The molecular weight excluding hydrogens is 350 g/mol. The highest BCUT2D eigenvalue weighted by Crippen LogP contribution is 2.42. The molecule has 0 saturated carbocycles. The molecule has 0 radical (unpaired) electrons. The molecule has 1 heterocycles. The van der Waals surface area contributed by atoms with Crippen molar-refractivity contribution in [3.05, 3.63) is 26.3 Å². The minimum absolute atomic E-state index is 0.402. The molecule has 2 aromatic rings. The Morgan fingerprint density at radius 1 is 1.41 bits per heavy atom. The van der Waals surface area contributed by atoms with Gasteiger partial charge in [0.15, 0.2) is 0 Å². The Hall–Kier alpha value is -0.520. The smallest absolute Gasteiger partial charge is 0.150 e. The van der Waals surface area contributed by atoms with Gasteiger partial charge in [-0.1, -0.05) is 6.92 Å². The number of aryl methyl sites for hydroxylation is 1. The molecule has 0 aliphatic rings. The first-order chi connectivity index (χ1) is 8.13. The molecule has 3 nitrogen and oxygen atoms in total. The second-order valence-electron chi connectivity index (χ2n) is 3.64. The van der Waals surface area contributed by atoms with Crippen molar-refractivity contribution in [1.82, 2.24) is 0 Å². The van der Waals surface area contributed by atoms with Crippen molar-refractivity contribution in [2.24, 2.45) is 5.73 Å². The third-order valence-corrected chi connectivity index (χ3v) is 4.14. The van der Waals surface area contributed by atoms with E-state index in [4.69, 9.17) is 14.9 Å². The lowest BCUT2D eigenvalue weighted by Crippen LogP contribution is -1.97. The molecular formula is C12H13Br2NO2. The monoisotopic (exact) mass is 361 g/mol. The van der Waals surface area contributed by atoms with Crippen molar-refractivity contribution < 1.29 is 9.15 Å². The van der Waals surface area contributed by atoms with Crippen LogP contribution in [0.2, 0.25) is 0 Å². The van der Waals surface area contributed by atoms with Gasteiger partial charge in [-0.05, 0) is 44.3 Å². The van der Waals surface area contributed by atoms with Crippen LogP contribution < -0.4 is 10.5 Å². The van der Waals surface area contributed by atoms with Gasteiger partial charge in [-0.15, -0.1) is 0 Å². The van der Waals surface area contributed by atoms with E-state index in [1.807, 2.05) is 6.07 Å². The summed E-state index contributed by atoms with van der Waals surface area (Å²) in [6.07, 6.45) is 0.873. The highest BCUT2D eigenvalue weighted by molar-refractivity contribution is 9.11. The molecule has 92 valence electrons. The van der Waals surface area contributed by atoms with Gasteiger partial charge in [0.1, 0.15) is 17.1 Å². The van der Waals surface area contributed by atoms with E-state index in [2.05, 4.69) is 38.8 Å². The van der Waals surface area contributed by atoms with Gasteiger partial charge >= 0.3 is 0 Å². The molecule has 0 aliphatic carbocycles. The van der Waals surface area contributed by atoms with Crippen molar-refractivity contribution in [3.8, 4) is 5.75 Å². The van der Waals surface area contributed by atoms with Gasteiger partial charge in [0.25, 0.3) is 0 Å². The SMILES string of the molecule is CCc1c(CN)oc2c(Br)cc(OC)c(Br)c12. The van der Waals surface area contributed by atoms with Crippen molar-refractivity contribution in [2.75, 3.05) is 7.11 Å². The van der Waals surface area contributed by atoms with Crippen LogP contribution in [-0.4, -0.2) is 7.11 Å². The van der Waals surface area contributed by atoms with Crippen LogP contribution in [0.1, 0.15) is 18.2 Å². The molecule has 0 unspecified atom stereocenters. The van der Waals surface area contributed by atoms with Crippen LogP contribution in [0.25, 0.3) is 11.0 Å². The van der Waals surface area contributed by atoms with Gasteiger partial charge in [0.2, 0.25) is 0 Å². The Morgan fingerprint density at radius 2 is 2.12 bits per heavy atom. The van der Waals surface area contributed by atoms with Crippen LogP contribution in [-0.2, 0) is 13.0 Å². The fourth-order valence-electron chi connectivity index (χ4n) is 1.97. The second kappa shape index (κ2) is 5.00. The number of nitrogens with two attached hydrogens (primary N) is 1. The molecule has 0 atom stereocenters. The highest BCUT2D eigenvalue weighted by atomic mass is 79.9. The molecule has 0 fully saturated rings. The number of furan rings is 1. The minimum atomic E-state index is 0.402. The number of hydrogen-bond acceptors (Lipinski definition) is 3. The fraction of sp³-hybridized carbons (Fsp3) is 0.333. The van der Waals surface area contributed by atoms with Gasteiger partial charge in [-0.3, -0.25) is 0 Å². The standard InChI is InChI=1S/C12H13Br2NO2/c1-3-6-9(5-15)17-12-7(13)4-8(16-2)11(14)10(6)12/h4H,3,5,15H2,1-2H3. The molecule has 0 saturated heterocycles. The van der Waals surface area contributed by atoms with Gasteiger partial charge in [0, 0.05) is 10.9 Å². The van der Waals surface area contributed by atoms with Crippen molar-refractivity contribution in [3.63, 3.8) is 0 Å². The summed E-state index contributed by atoms with van der Waals surface area (Å²) in [7, 11) is 1.65. The average molecular weight is 363 g/mol. The minimum Gasteiger partial charge on any atom is -0.496 e. The normalized spacial score (nSPS) is 11.1. The Balaban J connectivity index is 2.88. The zero-order valence-electron chi connectivity index (χ0n) is 9.64. The third kappa shape index (κ3) is 2.00. The number of halogens is 2. The molecule has 0 amide bonds. The fourth-order valence-corrected chi connectivity index (χ4v) is 3.15. The Labute approximate surface area is 117 Å². The maximum atomic E-state index is 5.79. The van der Waals surface area contributed by atoms with E-state index in [1.165, 1.54) is 0 Å². The third-order valence-electron chi connectivity index (χ3n) is 2.76. The number of rotatable bonds is 3. The first-order valence-electron chi connectivity index (χ1n) is 5.30. The van der Waals surface area contributed by atoms with E-state index in [9.17, 15) is 0 Å². The summed E-state index contributed by atoms with van der Waals surface area (Å²) < 4.78 is 12.9. The van der Waals surface area contributed by atoms with E-state index in [0.717, 1.165) is 43.4 Å². The largest absolute Gasteiger partial charge is 0.496 e. The Bertz CT molecular complexity index is 563. The lowest BCUT2D eigenvalue weighted by Gasteiger charge is -2.06. The van der Waals surface area contributed by atoms with Gasteiger partial charge in [0.05, 0.1) is 22.6 Å². The molecule has 1 aromatic heterocycles. The topological polar surface area (TPSA) is 48.4 Å². The predicted octanol–water partition coefficient (Wildman–Crippen LogP) is 3.99. The second-order valence-corrected chi connectivity index (χ2v) is 5.29. The lowest BCUT2D eigenvalue weighted by atomic mass is 10.1. The molecule has 2 rings (SSSR count). The summed E-state index contributed by atoms with van der Waals surface area (Å²) in [6.45, 7) is 2.49. The molecule has 0 spiro atoms. The number of methoxy groups -OCH3 is 1. The first-order valence-corrected chi connectivity index (χ1v) is 6.88. The van der Waals surface area contributed by atoms with Gasteiger partial charge in [-0.25, -0.2) is 0 Å². The van der Waals surface area contributed by atoms with E-state index in [-0.39, 0.29) is 0 Å². The molecule has 0 bridgehead atoms. The van der Waals surface area contributed by atoms with Crippen LogP contribution in [0.5, 0.6) is 5.75 Å². The summed E-state index contributed by atoms with van der Waals surface area (Å²) in [5, 5.41) is 1.04. The van der Waals surface area contributed by atoms with Crippen LogP contribution in [0.4, 0.5) is 0 Å². The number of hydrogen-bond donors (Lipinski definition) is 1. The van der Waals surface area contributed by atoms with Crippen LogP contribution in [0.3, 0.4) is 0 Å². The highest BCUT2D eigenvalue weighted by Gasteiger charge is 2.19. The quantitative estimate of drug-likeness (QED) is 0.898. The summed E-state index contributed by atoms with van der Waals surface area (Å²) in [6, 6.07) is 1.88. The Kier molecular flexibility index (Phi) is 3.80. The maximum Gasteiger partial charge on any atom is 0.150 e. The van der Waals surface area contributed by atoms with Gasteiger partial charge < -0.3 is 14.9 Å². The molecule has 0 aliphatic heterocycles. The van der Waals surface area contributed by atoms with Gasteiger partial charge in [-0.2, -0.15) is 0 Å². The number of benzene rings is 1. The van der Waals surface area contributed by atoms with Crippen LogP contribution in [0, 0.1) is 0 Å². The van der Waals surface area contributed by atoms with Crippen molar-refractivity contribution in [2.45, 2.75) is 19.9 Å². The van der Waals surface area contributed by atoms with Crippen LogP contribution in [0.15, 0.2) is 19.4 Å². The van der Waals surface area contributed by atoms with E-state index < -0.39 is 0 Å². The molecule has 1 aromatic carbocycles. The molecule has 2 N–H and O–H groups in total. The van der Waals surface area contributed by atoms with E-state index >= 15 is 0 Å². The van der Waals surface area contributed by atoms with E-state index in [1.54, 1.807) is 7.11 Å². The lowest BCUT2D eigenvalue weighted by molar-refractivity contribution is 0.412. The number of ether oxygens (including phenoxy) is 1. The molecule has 5 heteroatoms. The average Bonchev–Trinajstić information content (AvgIpc) is 2.72. The summed E-state index contributed by atoms with van der Waals surface area (Å²) in [5.41, 5.74) is 7.65. The zero-order valence-corrected chi connectivity index (χ0v) is 12.8. The zero-order chi connectivity index (χ0) is 12.6. The van der Waals surface area contributed by atoms with Crippen LogP contribution >= 0.6 is 31.9 Å². The summed E-state index contributed by atoms with van der Waals surface area (Å²) >= 11 is 7.06. The van der Waals surface area contributed by atoms with E-state index in [0.29, 0.717) is 6.54 Å². The maximum absolute atomic E-state index is 5.79. The predicted molar refractivity (Wildman–Crippen MR) is 75.4 cm³/mol. The van der Waals surface area contributed by atoms with Crippen molar-refractivity contribution >= 4 is 42.8 Å². The van der Waals surface area contributed by atoms with Crippen molar-refractivity contribution in [1.29, 1.82) is 0 Å². The first kappa shape index (κ1) is 12.9.